The summed E-state index contributed by atoms with van der Waals surface area (Å²) in [6, 6.07) is 15.6. The maximum absolute atomic E-state index is 14.1. The first-order chi connectivity index (χ1) is 14.5. The normalized spacial score (nSPS) is 11.5. The average Bonchev–Trinajstić information content (AvgIpc) is 2.73. The Balaban J connectivity index is 1.58. The molecule has 2 aromatic carbocycles. The third-order valence-corrected chi connectivity index (χ3v) is 5.34. The fourth-order valence-electron chi connectivity index (χ4n) is 2.85. The second-order valence-corrected chi connectivity index (χ2v) is 7.56. The number of benzene rings is 2. The van der Waals surface area contributed by atoms with Crippen molar-refractivity contribution in [2.24, 2.45) is 5.73 Å². The number of primary amides is 1. The Bertz CT molecular complexity index is 1000. The lowest BCUT2D eigenvalue weighted by atomic mass is 10.0. The van der Waals surface area contributed by atoms with Crippen molar-refractivity contribution in [1.82, 2.24) is 10.3 Å². The fourth-order valence-corrected chi connectivity index (χ4v) is 3.68. The summed E-state index contributed by atoms with van der Waals surface area (Å²) in [7, 11) is 0. The molecule has 1 heterocycles. The summed E-state index contributed by atoms with van der Waals surface area (Å²) in [6.07, 6.45) is 3.41. The minimum atomic E-state index is -0.863. The average molecular weight is 425 g/mol. The quantitative estimate of drug-likeness (QED) is 0.471. The molecule has 0 spiro atoms. The molecule has 3 amide bonds. The SMILES string of the molecule is NC(=O)N[C@@H](CC(=O)Nc1ccc(SCc2cccnc2)cc1)c1ccccc1F. The van der Waals surface area contributed by atoms with E-state index in [0.717, 1.165) is 16.2 Å². The van der Waals surface area contributed by atoms with Crippen LogP contribution in [0.4, 0.5) is 14.9 Å². The second-order valence-electron chi connectivity index (χ2n) is 6.51. The number of nitrogens with two attached hydrogens (primary N) is 1. The molecule has 0 unspecified atom stereocenters. The van der Waals surface area contributed by atoms with E-state index in [-0.39, 0.29) is 17.9 Å². The summed E-state index contributed by atoms with van der Waals surface area (Å²) >= 11 is 1.66. The fraction of sp³-hybridized carbons (Fsp3) is 0.136. The van der Waals surface area contributed by atoms with Gasteiger partial charge in [-0.2, -0.15) is 0 Å². The minimum absolute atomic E-state index is 0.151. The van der Waals surface area contributed by atoms with Gasteiger partial charge in [0.1, 0.15) is 5.82 Å². The van der Waals surface area contributed by atoms with E-state index in [9.17, 15) is 14.0 Å². The number of hydrogen-bond acceptors (Lipinski definition) is 4. The number of carbonyl (C=O) groups excluding carboxylic acids is 2. The lowest BCUT2D eigenvalue weighted by Gasteiger charge is -2.18. The Labute approximate surface area is 178 Å². The topological polar surface area (TPSA) is 97.1 Å². The van der Waals surface area contributed by atoms with Gasteiger partial charge in [-0.05, 0) is 42.0 Å². The molecular formula is C22H21FN4O2S. The summed E-state index contributed by atoms with van der Waals surface area (Å²) in [5.74, 6) is -0.0883. The summed E-state index contributed by atoms with van der Waals surface area (Å²) in [6.45, 7) is 0. The summed E-state index contributed by atoms with van der Waals surface area (Å²) in [5.41, 5.74) is 7.12. The van der Waals surface area contributed by atoms with E-state index in [2.05, 4.69) is 15.6 Å². The van der Waals surface area contributed by atoms with Crippen molar-refractivity contribution in [1.29, 1.82) is 0 Å². The first-order valence-corrected chi connectivity index (χ1v) is 10.2. The molecule has 0 aliphatic rings. The Hall–Kier alpha value is -3.39. The molecule has 8 heteroatoms. The highest BCUT2D eigenvalue weighted by Gasteiger charge is 2.20. The van der Waals surface area contributed by atoms with Gasteiger partial charge in [-0.15, -0.1) is 11.8 Å². The number of amides is 3. The number of rotatable bonds is 8. The molecule has 1 atom stereocenters. The molecule has 1 aromatic heterocycles. The zero-order valence-electron chi connectivity index (χ0n) is 16.0. The number of nitrogens with one attached hydrogen (secondary N) is 2. The lowest BCUT2D eigenvalue weighted by molar-refractivity contribution is -0.116. The van der Waals surface area contributed by atoms with Gasteiger partial charge in [0.15, 0.2) is 0 Å². The molecule has 0 aliphatic carbocycles. The van der Waals surface area contributed by atoms with Gasteiger partial charge in [0.05, 0.1) is 12.5 Å². The Morgan fingerprint density at radius 3 is 2.50 bits per heavy atom. The molecule has 0 aliphatic heterocycles. The van der Waals surface area contributed by atoms with Crippen LogP contribution in [0.3, 0.4) is 0 Å². The highest BCUT2D eigenvalue weighted by Crippen LogP contribution is 2.25. The predicted octanol–water partition coefficient (Wildman–Crippen LogP) is 4.25. The molecule has 0 saturated carbocycles. The van der Waals surface area contributed by atoms with Crippen LogP contribution in [0.1, 0.15) is 23.6 Å². The van der Waals surface area contributed by atoms with Crippen LogP contribution in [0.15, 0.2) is 78.0 Å². The van der Waals surface area contributed by atoms with Gasteiger partial charge in [-0.3, -0.25) is 9.78 Å². The molecule has 0 radical (unpaired) electrons. The third-order valence-electron chi connectivity index (χ3n) is 4.25. The molecule has 4 N–H and O–H groups in total. The number of hydrogen-bond donors (Lipinski definition) is 3. The van der Waals surface area contributed by atoms with Crippen molar-refractivity contribution in [3.05, 3.63) is 90.0 Å². The Morgan fingerprint density at radius 2 is 1.83 bits per heavy atom. The Kier molecular flexibility index (Phi) is 7.40. The van der Waals surface area contributed by atoms with Gasteiger partial charge in [0.25, 0.3) is 0 Å². The van der Waals surface area contributed by atoms with Crippen LogP contribution in [0.2, 0.25) is 0 Å². The summed E-state index contributed by atoms with van der Waals surface area (Å²) < 4.78 is 14.1. The summed E-state index contributed by atoms with van der Waals surface area (Å²) in [4.78, 5) is 28.9. The van der Waals surface area contributed by atoms with Crippen molar-refractivity contribution in [3.63, 3.8) is 0 Å². The van der Waals surface area contributed by atoms with E-state index < -0.39 is 17.9 Å². The van der Waals surface area contributed by atoms with Gasteiger partial charge >= 0.3 is 6.03 Å². The lowest BCUT2D eigenvalue weighted by Crippen LogP contribution is -2.35. The van der Waals surface area contributed by atoms with Gasteiger partial charge < -0.3 is 16.4 Å². The number of halogens is 1. The molecule has 6 nitrogen and oxygen atoms in total. The molecule has 30 heavy (non-hydrogen) atoms. The first kappa shape index (κ1) is 21.3. The predicted molar refractivity (Wildman–Crippen MR) is 115 cm³/mol. The van der Waals surface area contributed by atoms with Gasteiger partial charge in [0, 0.05) is 34.3 Å². The zero-order chi connectivity index (χ0) is 21.3. The van der Waals surface area contributed by atoms with Crippen LogP contribution in [0.25, 0.3) is 0 Å². The largest absolute Gasteiger partial charge is 0.352 e. The second kappa shape index (κ2) is 10.4. The van der Waals surface area contributed by atoms with Gasteiger partial charge in [0.2, 0.25) is 5.91 Å². The van der Waals surface area contributed by atoms with Crippen LogP contribution in [-0.2, 0) is 10.5 Å². The maximum atomic E-state index is 14.1. The van der Waals surface area contributed by atoms with E-state index in [1.807, 2.05) is 30.5 Å². The van der Waals surface area contributed by atoms with E-state index in [1.54, 1.807) is 36.2 Å². The van der Waals surface area contributed by atoms with Crippen LogP contribution in [0, 0.1) is 5.82 Å². The van der Waals surface area contributed by atoms with Crippen LogP contribution in [0.5, 0.6) is 0 Å². The van der Waals surface area contributed by atoms with Crippen molar-refractivity contribution < 1.29 is 14.0 Å². The molecular weight excluding hydrogens is 403 g/mol. The van der Waals surface area contributed by atoms with E-state index in [4.69, 9.17) is 5.73 Å². The number of pyridine rings is 1. The van der Waals surface area contributed by atoms with Crippen LogP contribution in [-0.4, -0.2) is 16.9 Å². The highest BCUT2D eigenvalue weighted by atomic mass is 32.2. The first-order valence-electron chi connectivity index (χ1n) is 9.23. The Morgan fingerprint density at radius 1 is 1.07 bits per heavy atom. The van der Waals surface area contributed by atoms with Crippen molar-refractivity contribution in [2.45, 2.75) is 23.1 Å². The highest BCUT2D eigenvalue weighted by molar-refractivity contribution is 7.98. The minimum Gasteiger partial charge on any atom is -0.352 e. The van der Waals surface area contributed by atoms with E-state index in [1.165, 1.54) is 18.2 Å². The van der Waals surface area contributed by atoms with E-state index >= 15 is 0 Å². The standard InChI is InChI=1S/C22H21FN4O2S/c23-19-6-2-1-5-18(19)20(27-22(24)29)12-21(28)26-16-7-9-17(10-8-16)30-14-15-4-3-11-25-13-15/h1-11,13,20H,12,14H2,(H,26,28)(H3,24,27,29)/t20-/m0/s1. The maximum Gasteiger partial charge on any atom is 0.312 e. The number of carbonyl (C=O) groups is 2. The number of urea groups is 1. The number of aromatic nitrogens is 1. The summed E-state index contributed by atoms with van der Waals surface area (Å²) in [5, 5.41) is 5.19. The monoisotopic (exact) mass is 424 g/mol. The number of anilines is 1. The molecule has 0 fully saturated rings. The number of thioether (sulfide) groups is 1. The van der Waals surface area contributed by atoms with Crippen molar-refractivity contribution in [2.75, 3.05) is 5.32 Å². The molecule has 0 bridgehead atoms. The smallest absolute Gasteiger partial charge is 0.312 e. The third kappa shape index (κ3) is 6.31. The van der Waals surface area contributed by atoms with Gasteiger partial charge in [-0.25, -0.2) is 9.18 Å². The van der Waals surface area contributed by atoms with E-state index in [0.29, 0.717) is 5.69 Å². The van der Waals surface area contributed by atoms with Crippen molar-refractivity contribution in [3.8, 4) is 0 Å². The molecule has 3 rings (SSSR count). The molecule has 3 aromatic rings. The van der Waals surface area contributed by atoms with Gasteiger partial charge in [-0.1, -0.05) is 24.3 Å². The van der Waals surface area contributed by atoms with Crippen molar-refractivity contribution >= 4 is 29.4 Å². The molecule has 0 saturated heterocycles. The zero-order valence-corrected chi connectivity index (χ0v) is 16.9. The number of nitrogens with zero attached hydrogens (tertiary/aromatic N) is 1. The van der Waals surface area contributed by atoms with Crippen LogP contribution >= 0.6 is 11.8 Å². The van der Waals surface area contributed by atoms with Crippen LogP contribution < -0.4 is 16.4 Å². The molecule has 154 valence electrons.